The van der Waals surface area contributed by atoms with Gasteiger partial charge in [-0.3, -0.25) is 9.89 Å². The van der Waals surface area contributed by atoms with Crippen LogP contribution in [0.2, 0.25) is 0 Å². The first kappa shape index (κ1) is 27.1. The molecule has 1 saturated heterocycles. The number of halogens is 3. The van der Waals surface area contributed by atoms with Gasteiger partial charge >= 0.3 is 0 Å². The molecule has 0 bridgehead atoms. The highest BCUT2D eigenvalue weighted by Gasteiger charge is 2.20. The quantitative estimate of drug-likeness (QED) is 0.282. The Balaban J connectivity index is 0.00000385. The van der Waals surface area contributed by atoms with Gasteiger partial charge in [0, 0.05) is 38.8 Å². The number of rotatable bonds is 8. The SMILES string of the molecule is CN=C(NCC(C)Oc1cccc(OC)c1)NC1CCN(Cc2ccc(F)c(F)c2)CC1.I. The molecule has 0 aromatic heterocycles. The summed E-state index contributed by atoms with van der Waals surface area (Å²) in [6.45, 7) is 4.98. The number of nitrogens with zero attached hydrogens (tertiary/aromatic N) is 2. The number of piperidine rings is 1. The van der Waals surface area contributed by atoms with Gasteiger partial charge in [-0.15, -0.1) is 24.0 Å². The van der Waals surface area contributed by atoms with Crippen LogP contribution in [-0.2, 0) is 6.54 Å². The number of hydrogen-bond donors (Lipinski definition) is 2. The van der Waals surface area contributed by atoms with Crippen LogP contribution in [0.4, 0.5) is 8.78 Å². The van der Waals surface area contributed by atoms with Crippen molar-refractivity contribution in [2.75, 3.05) is 33.8 Å². The highest BCUT2D eigenvalue weighted by molar-refractivity contribution is 14.0. The molecule has 1 aliphatic rings. The Morgan fingerprint density at radius 3 is 2.52 bits per heavy atom. The van der Waals surface area contributed by atoms with E-state index in [1.165, 1.54) is 12.1 Å². The van der Waals surface area contributed by atoms with Crippen LogP contribution in [0.1, 0.15) is 25.3 Å². The molecule has 0 amide bonds. The Morgan fingerprint density at radius 2 is 1.85 bits per heavy atom. The maximum Gasteiger partial charge on any atom is 0.191 e. The maximum absolute atomic E-state index is 13.4. The molecule has 1 unspecified atom stereocenters. The molecule has 2 N–H and O–H groups in total. The number of guanidine groups is 1. The van der Waals surface area contributed by atoms with E-state index < -0.39 is 11.6 Å². The second-order valence-corrected chi connectivity index (χ2v) is 8.00. The third kappa shape index (κ3) is 8.62. The van der Waals surface area contributed by atoms with E-state index in [0.717, 1.165) is 49.0 Å². The van der Waals surface area contributed by atoms with Gasteiger partial charge in [0.15, 0.2) is 17.6 Å². The molecule has 6 nitrogen and oxygen atoms in total. The van der Waals surface area contributed by atoms with Gasteiger partial charge in [0.05, 0.1) is 13.7 Å². The molecule has 9 heteroatoms. The molecule has 0 spiro atoms. The van der Waals surface area contributed by atoms with Gasteiger partial charge in [-0.2, -0.15) is 0 Å². The molecular formula is C24H33F2IN4O2. The van der Waals surface area contributed by atoms with Crippen molar-refractivity contribution >= 4 is 29.9 Å². The van der Waals surface area contributed by atoms with E-state index in [-0.39, 0.29) is 30.1 Å². The zero-order valence-electron chi connectivity index (χ0n) is 19.3. The lowest BCUT2D eigenvalue weighted by atomic mass is 10.0. The smallest absolute Gasteiger partial charge is 0.191 e. The zero-order chi connectivity index (χ0) is 22.9. The molecule has 1 aliphatic heterocycles. The molecule has 2 aromatic carbocycles. The number of ether oxygens (including phenoxy) is 2. The third-order valence-electron chi connectivity index (χ3n) is 5.48. The number of likely N-dealkylation sites (tertiary alicyclic amines) is 1. The van der Waals surface area contributed by atoms with Crippen molar-refractivity contribution < 1.29 is 18.3 Å². The number of nitrogens with one attached hydrogen (secondary N) is 2. The number of methoxy groups -OCH3 is 1. The summed E-state index contributed by atoms with van der Waals surface area (Å²) in [6.07, 6.45) is 1.83. The topological polar surface area (TPSA) is 58.1 Å². The summed E-state index contributed by atoms with van der Waals surface area (Å²) in [5.74, 6) is 0.661. The van der Waals surface area contributed by atoms with Crippen molar-refractivity contribution in [3.63, 3.8) is 0 Å². The standard InChI is InChI=1S/C24H32F2N4O2.HI/c1-17(32-21-6-4-5-20(14-21)31-3)15-28-24(27-2)29-19-9-11-30(12-10-19)16-18-7-8-22(25)23(26)13-18;/h4-8,13-14,17,19H,9-12,15-16H2,1-3H3,(H2,27,28,29);1H. The average Bonchev–Trinajstić information content (AvgIpc) is 2.80. The largest absolute Gasteiger partial charge is 0.497 e. The first-order valence-electron chi connectivity index (χ1n) is 10.9. The van der Waals surface area contributed by atoms with Gasteiger partial charge in [-0.1, -0.05) is 12.1 Å². The summed E-state index contributed by atoms with van der Waals surface area (Å²) in [7, 11) is 3.38. The normalized spacial score (nSPS) is 16.0. The number of aliphatic imine (C=N–C) groups is 1. The lowest BCUT2D eigenvalue weighted by molar-refractivity contribution is 0.197. The Hall–Kier alpha value is -2.14. The van der Waals surface area contributed by atoms with Crippen molar-refractivity contribution in [1.82, 2.24) is 15.5 Å². The van der Waals surface area contributed by atoms with E-state index in [1.807, 2.05) is 31.2 Å². The van der Waals surface area contributed by atoms with E-state index in [9.17, 15) is 8.78 Å². The zero-order valence-corrected chi connectivity index (χ0v) is 21.6. The second-order valence-electron chi connectivity index (χ2n) is 8.00. The first-order chi connectivity index (χ1) is 15.5. The molecule has 0 aliphatic carbocycles. The summed E-state index contributed by atoms with van der Waals surface area (Å²) in [6, 6.07) is 11.9. The molecule has 1 fully saturated rings. The van der Waals surface area contributed by atoms with E-state index >= 15 is 0 Å². The van der Waals surface area contributed by atoms with Gasteiger partial charge in [0.1, 0.15) is 17.6 Å². The van der Waals surface area contributed by atoms with Crippen LogP contribution >= 0.6 is 24.0 Å². The van der Waals surface area contributed by atoms with Gasteiger partial charge < -0.3 is 20.1 Å². The lowest BCUT2D eigenvalue weighted by Crippen LogP contribution is -2.49. The first-order valence-corrected chi connectivity index (χ1v) is 10.9. The number of hydrogen-bond acceptors (Lipinski definition) is 4. The fourth-order valence-electron chi connectivity index (χ4n) is 3.71. The fraction of sp³-hybridized carbons (Fsp3) is 0.458. The van der Waals surface area contributed by atoms with Crippen LogP contribution in [-0.4, -0.2) is 56.8 Å². The molecule has 2 aromatic rings. The van der Waals surface area contributed by atoms with Crippen LogP contribution in [0.5, 0.6) is 11.5 Å². The Bertz CT molecular complexity index is 908. The van der Waals surface area contributed by atoms with E-state index in [2.05, 4.69) is 20.5 Å². The monoisotopic (exact) mass is 574 g/mol. The predicted octanol–water partition coefficient (Wildman–Crippen LogP) is 4.19. The van der Waals surface area contributed by atoms with Gasteiger partial charge in [0.25, 0.3) is 0 Å². The summed E-state index contributed by atoms with van der Waals surface area (Å²) in [5.41, 5.74) is 0.790. The lowest BCUT2D eigenvalue weighted by Gasteiger charge is -2.33. The Kier molecular flexibility index (Phi) is 11.1. The second kappa shape index (κ2) is 13.5. The van der Waals surface area contributed by atoms with Crippen LogP contribution in [0.3, 0.4) is 0 Å². The van der Waals surface area contributed by atoms with Crippen LogP contribution in [0.15, 0.2) is 47.5 Å². The minimum atomic E-state index is -0.807. The van der Waals surface area contributed by atoms with Crippen LogP contribution in [0.25, 0.3) is 0 Å². The average molecular weight is 574 g/mol. The van der Waals surface area contributed by atoms with Crippen LogP contribution < -0.4 is 20.1 Å². The van der Waals surface area contributed by atoms with Crippen LogP contribution in [0, 0.1) is 11.6 Å². The third-order valence-corrected chi connectivity index (χ3v) is 5.48. The number of benzene rings is 2. The molecule has 182 valence electrons. The summed E-state index contributed by atoms with van der Waals surface area (Å²) in [5, 5.41) is 6.79. The maximum atomic E-state index is 13.4. The van der Waals surface area contributed by atoms with Crippen molar-refractivity contribution in [3.05, 3.63) is 59.7 Å². The molecule has 0 radical (unpaired) electrons. The van der Waals surface area contributed by atoms with E-state index in [0.29, 0.717) is 19.1 Å². The summed E-state index contributed by atoms with van der Waals surface area (Å²) >= 11 is 0. The molecule has 3 rings (SSSR count). The van der Waals surface area contributed by atoms with Crippen molar-refractivity contribution in [2.24, 2.45) is 4.99 Å². The Labute approximate surface area is 211 Å². The van der Waals surface area contributed by atoms with Gasteiger partial charge in [0.2, 0.25) is 0 Å². The minimum absolute atomic E-state index is 0. The predicted molar refractivity (Wildman–Crippen MR) is 138 cm³/mol. The molecule has 33 heavy (non-hydrogen) atoms. The fourth-order valence-corrected chi connectivity index (χ4v) is 3.71. The van der Waals surface area contributed by atoms with E-state index in [4.69, 9.17) is 9.47 Å². The highest BCUT2D eigenvalue weighted by atomic mass is 127. The molecular weight excluding hydrogens is 541 g/mol. The summed E-state index contributed by atoms with van der Waals surface area (Å²) in [4.78, 5) is 6.58. The van der Waals surface area contributed by atoms with E-state index in [1.54, 1.807) is 20.2 Å². The highest BCUT2D eigenvalue weighted by Crippen LogP contribution is 2.20. The molecule has 1 atom stereocenters. The Morgan fingerprint density at radius 1 is 1.12 bits per heavy atom. The minimum Gasteiger partial charge on any atom is -0.497 e. The summed E-state index contributed by atoms with van der Waals surface area (Å²) < 4.78 is 37.7. The van der Waals surface area contributed by atoms with Crippen molar-refractivity contribution in [2.45, 2.75) is 38.5 Å². The molecule has 0 saturated carbocycles. The molecule has 1 heterocycles. The van der Waals surface area contributed by atoms with Crippen molar-refractivity contribution in [3.8, 4) is 11.5 Å². The van der Waals surface area contributed by atoms with Gasteiger partial charge in [-0.05, 0) is 49.6 Å². The van der Waals surface area contributed by atoms with Crippen molar-refractivity contribution in [1.29, 1.82) is 0 Å². The van der Waals surface area contributed by atoms with Gasteiger partial charge in [-0.25, -0.2) is 8.78 Å².